The average Bonchev–Trinajstić information content (AvgIpc) is 3.34. The smallest absolute Gasteiger partial charge is 0.305 e. The molecule has 452 valence electrons. The van der Waals surface area contributed by atoms with E-state index in [1.54, 1.807) is 41.5 Å². The van der Waals surface area contributed by atoms with Crippen LogP contribution in [0.4, 0.5) is 0 Å². The molecule has 0 heterocycles. The number of hydrogen-bond acceptors (Lipinski definition) is 17. The highest BCUT2D eigenvalue weighted by molar-refractivity contribution is 6.00. The van der Waals surface area contributed by atoms with E-state index in [1.807, 2.05) is 0 Å². The topological polar surface area (TPSA) is 555 Å². The Labute approximate surface area is 461 Å². The summed E-state index contributed by atoms with van der Waals surface area (Å²) in [4.78, 5) is 193. The highest BCUT2D eigenvalue weighted by Crippen LogP contribution is 2.13. The Morgan fingerprint density at radius 3 is 1.25 bits per heavy atom. The average molecular weight is 1140 g/mol. The van der Waals surface area contributed by atoms with Crippen LogP contribution in [0.1, 0.15) is 126 Å². The van der Waals surface area contributed by atoms with Crippen LogP contribution in [0.25, 0.3) is 0 Å². The van der Waals surface area contributed by atoms with Gasteiger partial charge < -0.3 is 91.8 Å². The Hall–Kier alpha value is -8.03. The molecule has 0 aromatic heterocycles. The van der Waals surface area contributed by atoms with Crippen molar-refractivity contribution in [3.63, 3.8) is 0 Å². The second kappa shape index (κ2) is 36.2. The van der Waals surface area contributed by atoms with Gasteiger partial charge in [0.2, 0.25) is 70.9 Å². The van der Waals surface area contributed by atoms with E-state index in [1.165, 1.54) is 6.92 Å². The van der Waals surface area contributed by atoms with Gasteiger partial charge in [0.15, 0.2) is 0 Å². The number of nitrogens with two attached hydrogens (primary N) is 5. The summed E-state index contributed by atoms with van der Waals surface area (Å²) in [6, 6.07) is -15.6. The summed E-state index contributed by atoms with van der Waals surface area (Å²) < 4.78 is 0. The van der Waals surface area contributed by atoms with Crippen LogP contribution in [0, 0.1) is 17.8 Å². The number of hydrogen-bond donors (Lipinski definition) is 17. The van der Waals surface area contributed by atoms with Crippen molar-refractivity contribution >= 4 is 88.8 Å². The van der Waals surface area contributed by atoms with Crippen molar-refractivity contribution in [3.05, 3.63) is 0 Å². The maximum Gasteiger partial charge on any atom is 0.305 e. The first-order valence-electron chi connectivity index (χ1n) is 25.9. The standard InChI is InChI=1S/C48H82N14O18/c1-8-23(6)38(62-40(72)24(7)54-47(79)37(22(4)5)61-46(78)29(17-21(2)3)58-41(73)25(50)18-36(69)70)48(80)57-28(13-15-35(67)68)43(75)60-31(20-33(52)64)45(77)56-27(11-9-10-16-49)42(74)59-30(19-32(51)63)44(76)55-26(39(53)71)12-14-34(65)66/h21-31,37-38H,8-20,49-50H2,1-7H3,(H2,51,63)(H2,52,64)(H2,53,71)(H,54,79)(H,55,76)(H,56,77)(H,57,80)(H,58,73)(H,59,74)(H,60,75)(H,61,78)(H,62,72)(H,65,66)(H,67,68)(H,69,70)/t23-,24-,25-,26-,27-,28-,29-,30-,31-,37-,38-/m0/s1. The van der Waals surface area contributed by atoms with Gasteiger partial charge in [0.1, 0.15) is 54.4 Å². The highest BCUT2D eigenvalue weighted by atomic mass is 16.4. The lowest BCUT2D eigenvalue weighted by Gasteiger charge is -2.29. The monoisotopic (exact) mass is 1140 g/mol. The Morgan fingerprint density at radius 2 is 0.825 bits per heavy atom. The van der Waals surface area contributed by atoms with Crippen molar-refractivity contribution in [2.75, 3.05) is 6.54 Å². The maximum absolute atomic E-state index is 14.0. The van der Waals surface area contributed by atoms with Gasteiger partial charge in [-0.05, 0) is 69.7 Å². The van der Waals surface area contributed by atoms with Gasteiger partial charge in [0, 0.05) is 12.8 Å². The molecule has 0 rings (SSSR count). The first kappa shape index (κ1) is 72.0. The third-order valence-corrected chi connectivity index (χ3v) is 12.1. The Balaban J connectivity index is 6.66. The van der Waals surface area contributed by atoms with Gasteiger partial charge in [0.25, 0.3) is 0 Å². The van der Waals surface area contributed by atoms with Crippen molar-refractivity contribution < 1.29 is 87.2 Å². The molecule has 0 unspecified atom stereocenters. The van der Waals surface area contributed by atoms with Gasteiger partial charge in [-0.2, -0.15) is 0 Å². The zero-order valence-corrected chi connectivity index (χ0v) is 46.1. The molecule has 22 N–H and O–H groups in total. The third-order valence-electron chi connectivity index (χ3n) is 12.1. The quantitative estimate of drug-likeness (QED) is 0.0254. The molecule has 80 heavy (non-hydrogen) atoms. The van der Waals surface area contributed by atoms with Crippen LogP contribution in [0.15, 0.2) is 0 Å². The molecular formula is C48H82N14O18. The Bertz CT molecular complexity index is 2230. The minimum atomic E-state index is -1.93. The third kappa shape index (κ3) is 28.0. The molecule has 0 saturated carbocycles. The Kier molecular flexibility index (Phi) is 32.6. The summed E-state index contributed by atoms with van der Waals surface area (Å²) in [6.45, 7) is 11.2. The molecule has 0 saturated heterocycles. The van der Waals surface area contributed by atoms with Gasteiger partial charge in [-0.25, -0.2) is 0 Å². The summed E-state index contributed by atoms with van der Waals surface area (Å²) in [5, 5.41) is 48.9. The number of carbonyl (C=O) groups is 15. The van der Waals surface area contributed by atoms with E-state index in [9.17, 15) is 77.0 Å². The van der Waals surface area contributed by atoms with Crippen LogP contribution < -0.4 is 76.5 Å². The first-order valence-corrected chi connectivity index (χ1v) is 25.9. The normalized spacial score (nSPS) is 15.2. The van der Waals surface area contributed by atoms with Gasteiger partial charge in [0.05, 0.1) is 25.3 Å². The molecule has 0 aromatic rings. The lowest BCUT2D eigenvalue weighted by atomic mass is 9.97. The number of carboxylic acids is 3. The van der Waals surface area contributed by atoms with E-state index < -0.39 is 206 Å². The maximum atomic E-state index is 14.0. The van der Waals surface area contributed by atoms with E-state index in [-0.39, 0.29) is 44.6 Å². The molecule has 32 nitrogen and oxygen atoms in total. The number of carbonyl (C=O) groups excluding carboxylic acids is 12. The molecule has 0 bridgehead atoms. The second-order valence-corrected chi connectivity index (χ2v) is 19.9. The summed E-state index contributed by atoms with van der Waals surface area (Å²) in [6.07, 6.45) is -4.50. The molecule has 0 spiro atoms. The fourth-order valence-corrected chi connectivity index (χ4v) is 7.42. The highest BCUT2D eigenvalue weighted by Gasteiger charge is 2.37. The molecule has 0 aliphatic heterocycles. The number of carboxylic acid groups (broad SMARTS) is 3. The number of aliphatic carboxylic acids is 3. The molecule has 0 aromatic carbocycles. The van der Waals surface area contributed by atoms with Gasteiger partial charge in [-0.15, -0.1) is 0 Å². The summed E-state index contributed by atoms with van der Waals surface area (Å²) in [5.41, 5.74) is 27.3. The zero-order valence-electron chi connectivity index (χ0n) is 46.1. The van der Waals surface area contributed by atoms with E-state index in [0.717, 1.165) is 0 Å². The number of unbranched alkanes of at least 4 members (excludes halogenated alkanes) is 1. The predicted octanol–water partition coefficient (Wildman–Crippen LogP) is -5.99. The first-order chi connectivity index (χ1) is 37.1. The minimum Gasteiger partial charge on any atom is -0.481 e. The number of primary amides is 3. The van der Waals surface area contributed by atoms with E-state index in [2.05, 4.69) is 47.9 Å². The largest absolute Gasteiger partial charge is 0.481 e. The molecule has 0 aliphatic carbocycles. The fourth-order valence-electron chi connectivity index (χ4n) is 7.42. The van der Waals surface area contributed by atoms with Crippen LogP contribution >= 0.6 is 0 Å². The van der Waals surface area contributed by atoms with Crippen molar-refractivity contribution in [1.29, 1.82) is 0 Å². The number of amides is 12. The molecule has 32 heteroatoms. The lowest BCUT2D eigenvalue weighted by molar-refractivity contribution is -0.140. The number of nitrogens with one attached hydrogen (secondary N) is 9. The van der Waals surface area contributed by atoms with Crippen molar-refractivity contribution in [3.8, 4) is 0 Å². The predicted molar refractivity (Wildman–Crippen MR) is 280 cm³/mol. The second-order valence-electron chi connectivity index (χ2n) is 19.9. The molecule has 12 amide bonds. The van der Waals surface area contributed by atoms with Gasteiger partial charge in [-0.3, -0.25) is 71.9 Å². The lowest BCUT2D eigenvalue weighted by Crippen LogP contribution is -2.61. The molecule has 0 radical (unpaired) electrons. The molecular weight excluding hydrogens is 1060 g/mol. The number of rotatable bonds is 40. The summed E-state index contributed by atoms with van der Waals surface area (Å²) in [7, 11) is 0. The summed E-state index contributed by atoms with van der Waals surface area (Å²) in [5.74, 6) is -18.5. The van der Waals surface area contributed by atoms with Crippen LogP contribution in [0.2, 0.25) is 0 Å². The van der Waals surface area contributed by atoms with Crippen LogP contribution in [0.5, 0.6) is 0 Å². The summed E-state index contributed by atoms with van der Waals surface area (Å²) >= 11 is 0. The Morgan fingerprint density at radius 1 is 0.425 bits per heavy atom. The molecule has 11 atom stereocenters. The fraction of sp³-hybridized carbons (Fsp3) is 0.688. The van der Waals surface area contributed by atoms with Crippen LogP contribution in [-0.2, 0) is 71.9 Å². The van der Waals surface area contributed by atoms with E-state index in [0.29, 0.717) is 0 Å². The van der Waals surface area contributed by atoms with Gasteiger partial charge in [-0.1, -0.05) is 48.0 Å². The van der Waals surface area contributed by atoms with Crippen molar-refractivity contribution in [2.45, 2.75) is 186 Å². The zero-order chi connectivity index (χ0) is 61.7. The van der Waals surface area contributed by atoms with Crippen molar-refractivity contribution in [2.24, 2.45) is 46.4 Å². The van der Waals surface area contributed by atoms with Crippen molar-refractivity contribution in [1.82, 2.24) is 47.9 Å². The minimum absolute atomic E-state index is 0.0674. The SMILES string of the molecule is CC[C@H](C)[C@H](NC(=O)[C@H](C)NC(=O)[C@@H](NC(=O)[C@H](CC(C)C)NC(=O)[C@@H](N)CC(=O)O)C(C)C)C(=O)N[C@@H](CCC(=O)O)C(=O)N[C@@H](CC(N)=O)C(=O)N[C@@H](CCCCN)C(=O)N[C@@H](CC(N)=O)C(=O)N[C@@H](CCC(=O)O)C(N)=O. The molecule has 0 fully saturated rings. The van der Waals surface area contributed by atoms with Crippen LogP contribution in [-0.4, -0.2) is 171 Å². The van der Waals surface area contributed by atoms with Gasteiger partial charge >= 0.3 is 17.9 Å². The van der Waals surface area contributed by atoms with E-state index in [4.69, 9.17) is 38.9 Å². The molecule has 0 aliphatic rings. The van der Waals surface area contributed by atoms with Crippen LogP contribution in [0.3, 0.4) is 0 Å². The van der Waals surface area contributed by atoms with E-state index >= 15 is 0 Å².